The van der Waals surface area contributed by atoms with Gasteiger partial charge in [0.25, 0.3) is 0 Å². The van der Waals surface area contributed by atoms with Crippen molar-refractivity contribution in [2.24, 2.45) is 10.2 Å². The molecule has 0 radical (unpaired) electrons. The third-order valence-corrected chi connectivity index (χ3v) is 2.82. The zero-order valence-corrected chi connectivity index (χ0v) is 8.65. The highest BCUT2D eigenvalue weighted by atomic mass is 16.9. The molecule has 14 heavy (non-hydrogen) atoms. The summed E-state index contributed by atoms with van der Waals surface area (Å²) in [5.74, 6) is 0. The lowest BCUT2D eigenvalue weighted by Crippen LogP contribution is -2.40. The molecule has 5 heteroatoms. The Hall–Kier alpha value is -0.520. The van der Waals surface area contributed by atoms with Gasteiger partial charge in [0, 0.05) is 14.2 Å². The first-order valence-electron chi connectivity index (χ1n) is 4.99. The number of rotatable bonds is 2. The number of hydrogen-bond donors (Lipinski definition) is 0. The van der Waals surface area contributed by atoms with E-state index < -0.39 is 11.8 Å². The zero-order valence-electron chi connectivity index (χ0n) is 8.65. The minimum absolute atomic E-state index is 0.482. The van der Waals surface area contributed by atoms with Crippen LogP contribution in [-0.4, -0.2) is 26.0 Å². The maximum atomic E-state index is 5.70. The van der Waals surface area contributed by atoms with Crippen LogP contribution in [0.1, 0.15) is 32.1 Å². The molecule has 80 valence electrons. The molecule has 0 bridgehead atoms. The second-order valence-electron chi connectivity index (χ2n) is 3.74. The van der Waals surface area contributed by atoms with Crippen molar-refractivity contribution in [1.82, 2.24) is 0 Å². The fraction of sp³-hybridized carbons (Fsp3) is 1.00. The van der Waals surface area contributed by atoms with Gasteiger partial charge >= 0.3 is 6.10 Å². The van der Waals surface area contributed by atoms with E-state index in [4.69, 9.17) is 14.2 Å². The van der Waals surface area contributed by atoms with Gasteiger partial charge in [0.05, 0.1) is 0 Å². The van der Waals surface area contributed by atoms with Crippen LogP contribution in [0.3, 0.4) is 0 Å². The zero-order chi connectivity index (χ0) is 10.1. The summed E-state index contributed by atoms with van der Waals surface area (Å²) in [4.78, 5) is 0. The van der Waals surface area contributed by atoms with Crippen molar-refractivity contribution in [1.29, 1.82) is 0 Å². The molecule has 2 aliphatic rings. The van der Waals surface area contributed by atoms with Gasteiger partial charge in [-0.3, -0.25) is 4.74 Å². The molecule has 0 atom stereocenters. The summed E-state index contributed by atoms with van der Waals surface area (Å²) in [6, 6.07) is 0. The van der Waals surface area contributed by atoms with Crippen LogP contribution in [-0.2, 0) is 14.2 Å². The maximum absolute atomic E-state index is 5.70. The minimum Gasteiger partial charge on any atom is -0.310 e. The minimum atomic E-state index is -1.29. The fourth-order valence-corrected chi connectivity index (χ4v) is 1.99. The number of ether oxygens (including phenoxy) is 3. The summed E-state index contributed by atoms with van der Waals surface area (Å²) >= 11 is 0. The van der Waals surface area contributed by atoms with E-state index in [1.54, 1.807) is 0 Å². The summed E-state index contributed by atoms with van der Waals surface area (Å²) in [6.45, 7) is 0. The fourth-order valence-electron chi connectivity index (χ4n) is 1.99. The second-order valence-corrected chi connectivity index (χ2v) is 3.74. The van der Waals surface area contributed by atoms with Crippen LogP contribution in [0.25, 0.3) is 0 Å². The second kappa shape index (κ2) is 3.56. The van der Waals surface area contributed by atoms with E-state index in [9.17, 15) is 0 Å². The Kier molecular flexibility index (Phi) is 2.55. The first-order valence-corrected chi connectivity index (χ1v) is 4.99. The van der Waals surface area contributed by atoms with Crippen LogP contribution in [0.15, 0.2) is 10.2 Å². The smallest absolute Gasteiger partial charge is 0.310 e. The highest BCUT2D eigenvalue weighted by Crippen LogP contribution is 2.42. The van der Waals surface area contributed by atoms with E-state index in [1.807, 2.05) is 0 Å². The van der Waals surface area contributed by atoms with Crippen molar-refractivity contribution in [2.75, 3.05) is 14.2 Å². The summed E-state index contributed by atoms with van der Waals surface area (Å²) in [6.07, 6.45) is 4.02. The van der Waals surface area contributed by atoms with E-state index in [-0.39, 0.29) is 0 Å². The van der Waals surface area contributed by atoms with E-state index in [1.165, 1.54) is 20.6 Å². The number of azo groups is 1. The number of hydrogen-bond acceptors (Lipinski definition) is 5. The van der Waals surface area contributed by atoms with Gasteiger partial charge < -0.3 is 9.47 Å². The molecule has 1 saturated carbocycles. The third-order valence-electron chi connectivity index (χ3n) is 2.82. The van der Waals surface area contributed by atoms with Crippen LogP contribution in [0.5, 0.6) is 0 Å². The summed E-state index contributed by atoms with van der Waals surface area (Å²) in [5.41, 5.74) is -0.482. The average molecular weight is 200 g/mol. The van der Waals surface area contributed by atoms with Gasteiger partial charge in [-0.05, 0) is 25.7 Å². The largest absolute Gasteiger partial charge is 0.414 e. The first-order chi connectivity index (χ1) is 6.74. The number of nitrogens with zero attached hydrogens (tertiary/aromatic N) is 2. The molecule has 1 spiro atoms. The van der Waals surface area contributed by atoms with Gasteiger partial charge in [0.2, 0.25) is 0 Å². The van der Waals surface area contributed by atoms with E-state index in [2.05, 4.69) is 10.2 Å². The van der Waals surface area contributed by atoms with E-state index in [0.29, 0.717) is 0 Å². The standard InChI is InChI=1S/C9H16N2O3/c1-12-9(13-2)11-10-8(14-9)6-4-3-5-7-8/h3-7H2,1-2H3. The normalized spacial score (nSPS) is 28.4. The van der Waals surface area contributed by atoms with E-state index in [0.717, 1.165) is 25.7 Å². The van der Waals surface area contributed by atoms with Crippen LogP contribution in [0.2, 0.25) is 0 Å². The molecule has 0 aromatic rings. The van der Waals surface area contributed by atoms with Crippen LogP contribution in [0, 0.1) is 0 Å². The van der Waals surface area contributed by atoms with Gasteiger partial charge in [-0.1, -0.05) is 11.5 Å². The van der Waals surface area contributed by atoms with Gasteiger partial charge in [0.15, 0.2) is 5.72 Å². The van der Waals surface area contributed by atoms with Crippen LogP contribution >= 0.6 is 0 Å². The predicted octanol–water partition coefficient (Wildman–Crippen LogP) is 2.03. The van der Waals surface area contributed by atoms with Gasteiger partial charge in [-0.25, -0.2) is 0 Å². The third kappa shape index (κ3) is 1.55. The van der Waals surface area contributed by atoms with Crippen molar-refractivity contribution in [3.05, 3.63) is 0 Å². The van der Waals surface area contributed by atoms with Crippen LogP contribution < -0.4 is 0 Å². The van der Waals surface area contributed by atoms with Crippen molar-refractivity contribution >= 4 is 0 Å². The lowest BCUT2D eigenvalue weighted by molar-refractivity contribution is -0.373. The molecule has 1 aliphatic carbocycles. The molecule has 0 aromatic carbocycles. The molecular weight excluding hydrogens is 184 g/mol. The highest BCUT2D eigenvalue weighted by molar-refractivity contribution is 4.85. The summed E-state index contributed by atoms with van der Waals surface area (Å²) < 4.78 is 15.8. The topological polar surface area (TPSA) is 52.4 Å². The highest BCUT2D eigenvalue weighted by Gasteiger charge is 2.50. The molecule has 0 saturated heterocycles. The molecule has 0 aromatic heterocycles. The predicted molar refractivity (Wildman–Crippen MR) is 48.5 cm³/mol. The van der Waals surface area contributed by atoms with Gasteiger partial charge in [0.1, 0.15) is 0 Å². The lowest BCUT2D eigenvalue weighted by Gasteiger charge is -2.31. The molecule has 2 rings (SSSR count). The Labute approximate surface area is 83.4 Å². The Morgan fingerprint density at radius 2 is 1.64 bits per heavy atom. The van der Waals surface area contributed by atoms with Gasteiger partial charge in [-0.15, -0.1) is 0 Å². The molecule has 5 nitrogen and oxygen atoms in total. The van der Waals surface area contributed by atoms with E-state index >= 15 is 0 Å². The summed E-state index contributed by atoms with van der Waals surface area (Å²) in [7, 11) is 3.01. The van der Waals surface area contributed by atoms with Crippen molar-refractivity contribution in [2.45, 2.75) is 43.9 Å². The maximum Gasteiger partial charge on any atom is 0.414 e. The molecule has 1 heterocycles. The molecule has 1 fully saturated rings. The SMILES string of the molecule is COC1(OC)N=NC2(CCCCC2)O1. The quantitative estimate of drug-likeness (QED) is 0.641. The van der Waals surface area contributed by atoms with Crippen LogP contribution in [0.4, 0.5) is 0 Å². The Bertz CT molecular complexity index is 232. The Balaban J connectivity index is 2.09. The molecular formula is C9H16N2O3. The monoisotopic (exact) mass is 200 g/mol. The molecule has 0 unspecified atom stereocenters. The Morgan fingerprint density at radius 1 is 1.00 bits per heavy atom. The molecule has 0 amide bonds. The average Bonchev–Trinajstić information content (AvgIpc) is 2.60. The molecule has 1 aliphatic heterocycles. The van der Waals surface area contributed by atoms with Crippen molar-refractivity contribution < 1.29 is 14.2 Å². The Morgan fingerprint density at radius 3 is 2.14 bits per heavy atom. The first kappa shape index (κ1) is 10.0. The lowest BCUT2D eigenvalue weighted by atomic mass is 9.92. The van der Waals surface area contributed by atoms with Gasteiger partial charge in [-0.2, -0.15) is 5.11 Å². The summed E-state index contributed by atoms with van der Waals surface area (Å²) in [5, 5.41) is 8.11. The molecule has 0 N–H and O–H groups in total. The van der Waals surface area contributed by atoms with Crippen molar-refractivity contribution in [3.8, 4) is 0 Å². The van der Waals surface area contributed by atoms with Crippen molar-refractivity contribution in [3.63, 3.8) is 0 Å². The number of methoxy groups -OCH3 is 2.